The van der Waals surface area contributed by atoms with Crippen LogP contribution in [0.2, 0.25) is 0 Å². The highest BCUT2D eigenvalue weighted by atomic mass is 32.2. The minimum atomic E-state index is -4.97. The first-order valence-electron chi connectivity index (χ1n) is 6.67. The highest BCUT2D eigenvalue weighted by Gasteiger charge is 2.34. The van der Waals surface area contributed by atoms with Gasteiger partial charge in [-0.3, -0.25) is 14.3 Å². The molecule has 0 amide bonds. The predicted octanol–water partition coefficient (Wildman–Crippen LogP) is 3.76. The van der Waals surface area contributed by atoms with Gasteiger partial charge in [-0.05, 0) is 13.0 Å². The molecule has 2 aromatic carbocycles. The Balaban J connectivity index is 2.52. The van der Waals surface area contributed by atoms with Crippen molar-refractivity contribution >= 4 is 15.8 Å². The second kappa shape index (κ2) is 6.96. The van der Waals surface area contributed by atoms with Crippen molar-refractivity contribution in [1.82, 2.24) is 0 Å². The summed E-state index contributed by atoms with van der Waals surface area (Å²) in [5, 5.41) is 10.9. The summed E-state index contributed by atoms with van der Waals surface area (Å²) in [7, 11) is -4.97. The zero-order valence-electron chi connectivity index (χ0n) is 12.7. The lowest BCUT2D eigenvalue weighted by atomic mass is 10.1. The van der Waals surface area contributed by atoms with Crippen molar-refractivity contribution in [3.63, 3.8) is 0 Å². The van der Waals surface area contributed by atoms with Gasteiger partial charge in [-0.25, -0.2) is 22.0 Å². The monoisotopic (exact) mass is 397 g/mol. The maximum atomic E-state index is 13.7. The maximum Gasteiger partial charge on any atom is 0.304 e. The van der Waals surface area contributed by atoms with E-state index in [9.17, 15) is 40.5 Å². The Bertz CT molecular complexity index is 966. The van der Waals surface area contributed by atoms with Gasteiger partial charge in [0.25, 0.3) is 5.69 Å². The molecule has 0 bridgehead atoms. The van der Waals surface area contributed by atoms with Gasteiger partial charge in [0.1, 0.15) is 6.10 Å². The van der Waals surface area contributed by atoms with Crippen LogP contribution in [0.5, 0.6) is 0 Å². The second-order valence-corrected chi connectivity index (χ2v) is 6.44. The number of halogens is 5. The fourth-order valence-corrected chi connectivity index (χ4v) is 3.31. The van der Waals surface area contributed by atoms with Gasteiger partial charge in [0, 0.05) is 6.07 Å². The molecule has 2 rings (SSSR count). The van der Waals surface area contributed by atoms with E-state index in [4.69, 9.17) is 0 Å². The third kappa shape index (κ3) is 3.37. The lowest BCUT2D eigenvalue weighted by Crippen LogP contribution is -2.16. The summed E-state index contributed by atoms with van der Waals surface area (Å²) in [6.07, 6.45) is -2.16. The van der Waals surface area contributed by atoms with E-state index in [1.54, 1.807) is 0 Å². The molecule has 1 unspecified atom stereocenters. The predicted molar refractivity (Wildman–Crippen MR) is 76.0 cm³/mol. The Hall–Kier alpha value is -2.60. The van der Waals surface area contributed by atoms with Crippen LogP contribution in [0.4, 0.5) is 27.6 Å². The van der Waals surface area contributed by atoms with Crippen LogP contribution < -0.4 is 0 Å². The zero-order chi connectivity index (χ0) is 19.8. The lowest BCUT2D eigenvalue weighted by Gasteiger charge is -2.16. The van der Waals surface area contributed by atoms with Gasteiger partial charge in [-0.2, -0.15) is 8.42 Å². The van der Waals surface area contributed by atoms with E-state index >= 15 is 0 Å². The summed E-state index contributed by atoms with van der Waals surface area (Å²) in [6.45, 7) is 0.713. The van der Waals surface area contributed by atoms with Gasteiger partial charge in [-0.1, -0.05) is 12.1 Å². The third-order valence-electron chi connectivity index (χ3n) is 3.25. The molecule has 12 heteroatoms. The quantitative estimate of drug-likeness (QED) is 0.192. The molecule has 1 atom stereocenters. The van der Waals surface area contributed by atoms with Crippen LogP contribution in [0, 0.1) is 39.2 Å². The van der Waals surface area contributed by atoms with Crippen LogP contribution in [-0.4, -0.2) is 13.3 Å². The average Bonchev–Trinajstić information content (AvgIpc) is 2.58. The lowest BCUT2D eigenvalue weighted by molar-refractivity contribution is -0.387. The van der Waals surface area contributed by atoms with Crippen LogP contribution in [0.3, 0.4) is 0 Å². The Kier molecular flexibility index (Phi) is 5.28. The smallest absolute Gasteiger partial charge is 0.258 e. The molecule has 0 fully saturated rings. The molecular weight excluding hydrogens is 389 g/mol. The number of nitrogens with zero attached hydrogens (tertiary/aromatic N) is 1. The molecule has 0 radical (unpaired) electrons. The minimum absolute atomic E-state index is 0.713. The number of para-hydroxylation sites is 1. The molecule has 140 valence electrons. The van der Waals surface area contributed by atoms with Gasteiger partial charge >= 0.3 is 10.1 Å². The number of benzene rings is 2. The van der Waals surface area contributed by atoms with Crippen molar-refractivity contribution in [3.8, 4) is 0 Å². The van der Waals surface area contributed by atoms with Crippen molar-refractivity contribution in [3.05, 3.63) is 69.0 Å². The molecule has 6 nitrogen and oxygen atoms in total. The molecule has 0 aliphatic carbocycles. The SMILES string of the molecule is CC(OS(=O)(=O)c1ccccc1[N+](=O)[O-])c1c(F)c(F)c(F)c(F)c1F. The first-order chi connectivity index (χ1) is 12.0. The molecule has 2 aromatic rings. The summed E-state index contributed by atoms with van der Waals surface area (Å²) in [4.78, 5) is 8.90. The first-order valence-corrected chi connectivity index (χ1v) is 8.08. The Labute approximate surface area is 143 Å². The van der Waals surface area contributed by atoms with E-state index in [1.165, 1.54) is 0 Å². The van der Waals surface area contributed by atoms with E-state index in [-0.39, 0.29) is 0 Å². The Morgan fingerprint density at radius 3 is 1.92 bits per heavy atom. The van der Waals surface area contributed by atoms with Crippen LogP contribution >= 0.6 is 0 Å². The van der Waals surface area contributed by atoms with E-state index in [0.717, 1.165) is 24.3 Å². The number of nitro benzene ring substituents is 1. The van der Waals surface area contributed by atoms with Crippen molar-refractivity contribution in [1.29, 1.82) is 0 Å². The standard InChI is InChI=1S/C14H8F5NO5S/c1-6(9-10(15)12(17)14(19)13(18)11(9)16)25-26(23,24)8-5-3-2-4-7(8)20(21)22/h2-6H,1H3. The van der Waals surface area contributed by atoms with Crippen LogP contribution in [0.25, 0.3) is 0 Å². The number of hydrogen-bond acceptors (Lipinski definition) is 5. The molecule has 0 heterocycles. The van der Waals surface area contributed by atoms with Crippen molar-refractivity contribution in [2.24, 2.45) is 0 Å². The van der Waals surface area contributed by atoms with Gasteiger partial charge in [0.05, 0.1) is 10.5 Å². The highest BCUT2D eigenvalue weighted by Crippen LogP contribution is 2.33. The normalized spacial score (nSPS) is 12.8. The summed E-state index contributed by atoms with van der Waals surface area (Å²) in [6, 6.07) is 3.90. The maximum absolute atomic E-state index is 13.7. The second-order valence-electron chi connectivity index (χ2n) is 4.90. The van der Waals surface area contributed by atoms with Gasteiger partial charge in [0.15, 0.2) is 28.2 Å². The average molecular weight is 397 g/mol. The van der Waals surface area contributed by atoms with Crippen LogP contribution in [0.15, 0.2) is 29.2 Å². The molecule has 0 aromatic heterocycles. The molecular formula is C14H8F5NO5S. The summed E-state index contributed by atoms with van der Waals surface area (Å²) >= 11 is 0. The van der Waals surface area contributed by atoms with Gasteiger partial charge < -0.3 is 0 Å². The van der Waals surface area contributed by atoms with Crippen LogP contribution in [-0.2, 0) is 14.3 Å². The largest absolute Gasteiger partial charge is 0.304 e. The Morgan fingerprint density at radius 2 is 1.42 bits per heavy atom. The summed E-state index contributed by atoms with van der Waals surface area (Å²) < 4.78 is 95.8. The van der Waals surface area contributed by atoms with Crippen molar-refractivity contribution in [2.45, 2.75) is 17.9 Å². The van der Waals surface area contributed by atoms with E-state index < -0.39 is 66.4 Å². The minimum Gasteiger partial charge on any atom is -0.258 e. The molecule has 0 saturated carbocycles. The zero-order valence-corrected chi connectivity index (χ0v) is 13.5. The molecule has 0 aliphatic heterocycles. The number of rotatable bonds is 5. The topological polar surface area (TPSA) is 86.5 Å². The fraction of sp³-hybridized carbons (Fsp3) is 0.143. The summed E-state index contributed by atoms with van der Waals surface area (Å²) in [5.41, 5.74) is -2.42. The van der Waals surface area contributed by atoms with E-state index in [0.29, 0.717) is 6.92 Å². The molecule has 0 saturated heterocycles. The van der Waals surface area contributed by atoms with Gasteiger partial charge in [-0.15, -0.1) is 0 Å². The van der Waals surface area contributed by atoms with Crippen molar-refractivity contribution in [2.75, 3.05) is 0 Å². The Morgan fingerprint density at radius 1 is 0.962 bits per heavy atom. The van der Waals surface area contributed by atoms with E-state index in [2.05, 4.69) is 4.18 Å². The summed E-state index contributed by atoms with van der Waals surface area (Å²) in [5.74, 6) is -11.5. The highest BCUT2D eigenvalue weighted by molar-refractivity contribution is 7.87. The fourth-order valence-electron chi connectivity index (χ4n) is 2.09. The third-order valence-corrected chi connectivity index (χ3v) is 4.68. The molecule has 26 heavy (non-hydrogen) atoms. The van der Waals surface area contributed by atoms with Crippen molar-refractivity contribution < 1.29 is 39.5 Å². The molecule has 0 N–H and O–H groups in total. The van der Waals surface area contributed by atoms with Crippen LogP contribution in [0.1, 0.15) is 18.6 Å². The number of nitro groups is 1. The van der Waals surface area contributed by atoms with Gasteiger partial charge in [0.2, 0.25) is 5.82 Å². The molecule has 0 aliphatic rings. The first kappa shape index (κ1) is 19.7. The number of hydrogen-bond donors (Lipinski definition) is 0. The van der Waals surface area contributed by atoms with E-state index in [1.807, 2.05) is 0 Å². The molecule has 0 spiro atoms.